The average Bonchev–Trinajstić information content (AvgIpc) is 2.16. The molecule has 76 valence electrons. The molecule has 0 N–H and O–H groups in total. The van der Waals surface area contributed by atoms with Crippen LogP contribution >= 0.6 is 23.2 Å². The molecule has 1 aromatic carbocycles. The maximum atomic E-state index is 11.1. The lowest BCUT2D eigenvalue weighted by molar-refractivity contribution is 0.108. The fraction of sp³-hybridized carbons (Fsp3) is 0.100. The number of rotatable bonds is 1. The summed E-state index contributed by atoms with van der Waals surface area (Å²) >= 11 is 11.3. The Labute approximate surface area is 96.1 Å². The molecule has 2 aromatic rings. The highest BCUT2D eigenvalue weighted by atomic mass is 35.5. The Morgan fingerprint density at radius 1 is 1.33 bits per heavy atom. The van der Waals surface area contributed by atoms with Gasteiger partial charge in [0.05, 0.1) is 5.52 Å². The predicted octanol–water partition coefficient (Wildman–Crippen LogP) is 2.97. The Morgan fingerprint density at radius 3 is 2.73 bits per heavy atom. The highest BCUT2D eigenvalue weighted by molar-refractivity contribution is 6.68. The van der Waals surface area contributed by atoms with Crippen molar-refractivity contribution in [2.45, 2.75) is 6.92 Å². The quantitative estimate of drug-likeness (QED) is 0.569. The summed E-state index contributed by atoms with van der Waals surface area (Å²) < 4.78 is 0. The van der Waals surface area contributed by atoms with Crippen LogP contribution in [0.3, 0.4) is 0 Å². The lowest BCUT2D eigenvalue weighted by Gasteiger charge is -2.04. The molecule has 2 rings (SSSR count). The van der Waals surface area contributed by atoms with E-state index >= 15 is 0 Å². The minimum atomic E-state index is -0.505. The van der Waals surface area contributed by atoms with Crippen molar-refractivity contribution in [3.63, 3.8) is 0 Å². The third-order valence-corrected chi connectivity index (χ3v) is 2.65. The van der Waals surface area contributed by atoms with Crippen LogP contribution in [0.25, 0.3) is 10.9 Å². The lowest BCUT2D eigenvalue weighted by Crippen LogP contribution is -1.95. The second-order valence-corrected chi connectivity index (χ2v) is 3.82. The second-order valence-electron chi connectivity index (χ2n) is 3.12. The highest BCUT2D eigenvalue weighted by Crippen LogP contribution is 2.23. The molecule has 1 heterocycles. The van der Waals surface area contributed by atoms with Gasteiger partial charge in [-0.3, -0.25) is 4.79 Å². The average molecular weight is 241 g/mol. The first-order chi connectivity index (χ1) is 7.09. The molecule has 0 saturated heterocycles. The molecule has 0 bridgehead atoms. The van der Waals surface area contributed by atoms with Crippen molar-refractivity contribution in [1.29, 1.82) is 0 Å². The van der Waals surface area contributed by atoms with Crippen LogP contribution in [0.1, 0.15) is 15.9 Å². The van der Waals surface area contributed by atoms with E-state index in [1.807, 2.05) is 0 Å². The van der Waals surface area contributed by atoms with Crippen molar-refractivity contribution in [2.75, 3.05) is 0 Å². The van der Waals surface area contributed by atoms with E-state index in [1.165, 1.54) is 6.33 Å². The standard InChI is InChI=1S/C10H6Cl2N2O/c1-5-2-8-7(3-6(5)10(12)15)9(11)14-4-13-8/h2-4H,1H3. The van der Waals surface area contributed by atoms with Gasteiger partial charge in [0.25, 0.3) is 5.24 Å². The highest BCUT2D eigenvalue weighted by Gasteiger charge is 2.10. The molecule has 0 fully saturated rings. The molecule has 0 amide bonds. The maximum absolute atomic E-state index is 11.1. The van der Waals surface area contributed by atoms with Crippen LogP contribution in [-0.4, -0.2) is 15.2 Å². The summed E-state index contributed by atoms with van der Waals surface area (Å²) in [5.74, 6) is 0. The van der Waals surface area contributed by atoms with E-state index in [2.05, 4.69) is 9.97 Å². The van der Waals surface area contributed by atoms with Gasteiger partial charge in [-0.05, 0) is 36.2 Å². The van der Waals surface area contributed by atoms with Crippen molar-refractivity contribution in [1.82, 2.24) is 9.97 Å². The van der Waals surface area contributed by atoms with Crippen molar-refractivity contribution in [2.24, 2.45) is 0 Å². The second kappa shape index (κ2) is 3.76. The van der Waals surface area contributed by atoms with Gasteiger partial charge in [-0.25, -0.2) is 9.97 Å². The van der Waals surface area contributed by atoms with Gasteiger partial charge < -0.3 is 0 Å². The molecule has 0 spiro atoms. The number of carbonyl (C=O) groups excluding carboxylic acids is 1. The molecule has 0 aliphatic carbocycles. The number of halogens is 2. The minimum Gasteiger partial charge on any atom is -0.276 e. The Balaban J connectivity index is 2.83. The summed E-state index contributed by atoms with van der Waals surface area (Å²) in [6.07, 6.45) is 1.38. The van der Waals surface area contributed by atoms with E-state index in [0.29, 0.717) is 21.6 Å². The number of fused-ring (bicyclic) bond motifs is 1. The summed E-state index contributed by atoms with van der Waals surface area (Å²) in [6.45, 7) is 1.80. The zero-order valence-corrected chi connectivity index (χ0v) is 9.30. The van der Waals surface area contributed by atoms with E-state index < -0.39 is 5.24 Å². The van der Waals surface area contributed by atoms with Gasteiger partial charge in [0.2, 0.25) is 0 Å². The SMILES string of the molecule is Cc1cc2ncnc(Cl)c2cc1C(=O)Cl. The largest absolute Gasteiger partial charge is 0.276 e. The molecular formula is C10H6Cl2N2O. The number of carbonyl (C=O) groups is 1. The number of hydrogen-bond acceptors (Lipinski definition) is 3. The van der Waals surface area contributed by atoms with Gasteiger partial charge >= 0.3 is 0 Å². The van der Waals surface area contributed by atoms with E-state index in [0.717, 1.165) is 5.56 Å². The maximum Gasteiger partial charge on any atom is 0.252 e. The number of aryl methyl sites for hydroxylation is 1. The molecule has 5 heteroatoms. The van der Waals surface area contributed by atoms with Crippen LogP contribution in [0.2, 0.25) is 5.15 Å². The zero-order chi connectivity index (χ0) is 11.0. The molecule has 0 aliphatic heterocycles. The molecule has 0 radical (unpaired) electrons. The smallest absolute Gasteiger partial charge is 0.252 e. The molecule has 1 aromatic heterocycles. The van der Waals surface area contributed by atoms with E-state index in [9.17, 15) is 4.79 Å². The number of aromatic nitrogens is 2. The summed E-state index contributed by atoms with van der Waals surface area (Å²) in [7, 11) is 0. The van der Waals surface area contributed by atoms with Crippen LogP contribution in [0.4, 0.5) is 0 Å². The monoisotopic (exact) mass is 240 g/mol. The molecular weight excluding hydrogens is 235 g/mol. The van der Waals surface area contributed by atoms with Crippen molar-refractivity contribution < 1.29 is 4.79 Å². The number of hydrogen-bond donors (Lipinski definition) is 0. The summed E-state index contributed by atoms with van der Waals surface area (Å²) in [5, 5.41) is 0.447. The van der Waals surface area contributed by atoms with Crippen LogP contribution in [-0.2, 0) is 0 Å². The first kappa shape index (κ1) is 10.3. The molecule has 15 heavy (non-hydrogen) atoms. The van der Waals surface area contributed by atoms with Crippen LogP contribution in [0.15, 0.2) is 18.5 Å². The lowest BCUT2D eigenvalue weighted by atomic mass is 10.1. The van der Waals surface area contributed by atoms with Gasteiger partial charge in [-0.15, -0.1) is 0 Å². The van der Waals surface area contributed by atoms with Gasteiger partial charge in [0.1, 0.15) is 11.5 Å². The summed E-state index contributed by atoms with van der Waals surface area (Å²) in [4.78, 5) is 19.0. The predicted molar refractivity (Wildman–Crippen MR) is 59.5 cm³/mol. The Bertz CT molecular complexity index is 554. The van der Waals surface area contributed by atoms with Gasteiger partial charge in [-0.1, -0.05) is 11.6 Å². The summed E-state index contributed by atoms with van der Waals surface area (Å²) in [5.41, 5.74) is 1.91. The van der Waals surface area contributed by atoms with Gasteiger partial charge in [-0.2, -0.15) is 0 Å². The fourth-order valence-electron chi connectivity index (χ4n) is 1.39. The Morgan fingerprint density at radius 2 is 2.07 bits per heavy atom. The summed E-state index contributed by atoms with van der Waals surface area (Å²) in [6, 6.07) is 3.38. The van der Waals surface area contributed by atoms with Crippen LogP contribution in [0, 0.1) is 6.92 Å². The van der Waals surface area contributed by atoms with Crippen molar-refractivity contribution in [3.8, 4) is 0 Å². The first-order valence-electron chi connectivity index (χ1n) is 4.20. The van der Waals surface area contributed by atoms with E-state index in [-0.39, 0.29) is 0 Å². The molecule has 0 aliphatic rings. The van der Waals surface area contributed by atoms with Gasteiger partial charge in [0.15, 0.2) is 0 Å². The molecule has 0 unspecified atom stereocenters. The Kier molecular flexibility index (Phi) is 2.59. The fourth-order valence-corrected chi connectivity index (χ4v) is 1.79. The number of benzene rings is 1. The van der Waals surface area contributed by atoms with E-state index in [1.54, 1.807) is 19.1 Å². The first-order valence-corrected chi connectivity index (χ1v) is 4.96. The molecule has 0 atom stereocenters. The van der Waals surface area contributed by atoms with Crippen molar-refractivity contribution >= 4 is 39.3 Å². The zero-order valence-electron chi connectivity index (χ0n) is 7.79. The molecule has 3 nitrogen and oxygen atoms in total. The van der Waals surface area contributed by atoms with Crippen LogP contribution in [0.5, 0.6) is 0 Å². The normalized spacial score (nSPS) is 10.6. The topological polar surface area (TPSA) is 42.9 Å². The molecule has 0 saturated carbocycles. The third-order valence-electron chi connectivity index (χ3n) is 2.14. The van der Waals surface area contributed by atoms with Crippen LogP contribution < -0.4 is 0 Å². The van der Waals surface area contributed by atoms with Gasteiger partial charge in [0, 0.05) is 10.9 Å². The number of nitrogens with zero attached hydrogens (tertiary/aromatic N) is 2. The Hall–Kier alpha value is -1.19. The van der Waals surface area contributed by atoms with Crippen molar-refractivity contribution in [3.05, 3.63) is 34.7 Å². The van der Waals surface area contributed by atoms with E-state index in [4.69, 9.17) is 23.2 Å². The third kappa shape index (κ3) is 1.80. The minimum absolute atomic E-state index is 0.319.